The Kier molecular flexibility index (Phi) is 4.24. The van der Waals surface area contributed by atoms with Crippen molar-refractivity contribution >= 4 is 5.97 Å². The number of carboxylic acids is 1. The summed E-state index contributed by atoms with van der Waals surface area (Å²) in [6.45, 7) is 7.71. The van der Waals surface area contributed by atoms with Crippen molar-refractivity contribution in [3.05, 3.63) is 0 Å². The lowest BCUT2D eigenvalue weighted by Crippen LogP contribution is -2.53. The molecule has 0 aliphatic carbocycles. The van der Waals surface area contributed by atoms with Crippen molar-refractivity contribution in [3.63, 3.8) is 0 Å². The average Bonchev–Trinajstić information content (AvgIpc) is 1.99. The molecule has 72 valence electrons. The molecule has 0 aromatic rings. The second-order valence-corrected chi connectivity index (χ2v) is 3.39. The normalized spacial score (nSPS) is 12.1. The zero-order valence-electron chi connectivity index (χ0n) is 8.35. The zero-order chi connectivity index (χ0) is 9.78. The smallest absolute Gasteiger partial charge is 0.323 e. The fraction of sp³-hybridized carbons (Fsp3) is 0.889. The van der Waals surface area contributed by atoms with Gasteiger partial charge in [-0.3, -0.25) is 10.1 Å². The molecule has 3 nitrogen and oxygen atoms in total. The molecule has 0 aromatic heterocycles. The Hall–Kier alpha value is -0.570. The van der Waals surface area contributed by atoms with E-state index in [2.05, 4.69) is 5.32 Å². The van der Waals surface area contributed by atoms with Crippen LogP contribution in [0.15, 0.2) is 0 Å². The van der Waals surface area contributed by atoms with Crippen LogP contribution in [0.4, 0.5) is 0 Å². The van der Waals surface area contributed by atoms with Gasteiger partial charge in [-0.15, -0.1) is 0 Å². The molecule has 0 aromatic carbocycles. The van der Waals surface area contributed by atoms with Crippen LogP contribution in [-0.4, -0.2) is 22.7 Å². The van der Waals surface area contributed by atoms with Gasteiger partial charge in [-0.2, -0.15) is 0 Å². The maximum atomic E-state index is 11.0. The molecule has 0 saturated heterocycles. The van der Waals surface area contributed by atoms with Crippen molar-refractivity contribution in [3.8, 4) is 0 Å². The van der Waals surface area contributed by atoms with Gasteiger partial charge in [-0.05, 0) is 26.7 Å². The minimum Gasteiger partial charge on any atom is -0.480 e. The second kappa shape index (κ2) is 4.45. The predicted molar refractivity (Wildman–Crippen MR) is 49.2 cm³/mol. The van der Waals surface area contributed by atoms with Gasteiger partial charge in [0, 0.05) is 6.04 Å². The maximum absolute atomic E-state index is 11.0. The van der Waals surface area contributed by atoms with E-state index in [1.165, 1.54) is 0 Å². The highest BCUT2D eigenvalue weighted by Crippen LogP contribution is 2.16. The molecular weight excluding hydrogens is 154 g/mol. The Morgan fingerprint density at radius 1 is 1.42 bits per heavy atom. The largest absolute Gasteiger partial charge is 0.480 e. The Labute approximate surface area is 74.2 Å². The lowest BCUT2D eigenvalue weighted by Gasteiger charge is -2.30. The highest BCUT2D eigenvalue weighted by molar-refractivity contribution is 5.78. The van der Waals surface area contributed by atoms with Crippen LogP contribution in [0.25, 0.3) is 0 Å². The summed E-state index contributed by atoms with van der Waals surface area (Å²) in [5.74, 6) is -0.749. The molecule has 0 spiro atoms. The van der Waals surface area contributed by atoms with Crippen LogP contribution < -0.4 is 5.32 Å². The molecule has 0 atom stereocenters. The summed E-state index contributed by atoms with van der Waals surface area (Å²) in [6, 6.07) is 0.209. The van der Waals surface area contributed by atoms with Crippen LogP contribution in [0.1, 0.15) is 40.5 Å². The van der Waals surface area contributed by atoms with Gasteiger partial charge in [0.1, 0.15) is 5.54 Å². The van der Waals surface area contributed by atoms with E-state index in [0.29, 0.717) is 12.8 Å². The first kappa shape index (κ1) is 11.4. The van der Waals surface area contributed by atoms with Gasteiger partial charge in [0.15, 0.2) is 0 Å². The summed E-state index contributed by atoms with van der Waals surface area (Å²) < 4.78 is 0. The van der Waals surface area contributed by atoms with Gasteiger partial charge in [0.2, 0.25) is 0 Å². The number of carbonyl (C=O) groups is 1. The molecule has 0 radical (unpaired) electrons. The van der Waals surface area contributed by atoms with Crippen molar-refractivity contribution in [2.75, 3.05) is 0 Å². The van der Waals surface area contributed by atoms with Crippen LogP contribution in [0, 0.1) is 0 Å². The van der Waals surface area contributed by atoms with Crippen molar-refractivity contribution in [1.29, 1.82) is 0 Å². The summed E-state index contributed by atoms with van der Waals surface area (Å²) in [4.78, 5) is 11.0. The molecule has 0 aliphatic heterocycles. The number of rotatable bonds is 5. The standard InChI is InChI=1S/C9H19NO2/c1-5-9(6-2,8(11)12)10-7(3)4/h7,10H,5-6H2,1-4H3,(H,11,12). The number of aliphatic carboxylic acids is 1. The minimum atomic E-state index is -0.749. The Balaban J connectivity index is 4.46. The molecule has 0 amide bonds. The van der Waals surface area contributed by atoms with Gasteiger partial charge < -0.3 is 5.11 Å². The number of hydrogen-bond donors (Lipinski definition) is 2. The fourth-order valence-electron chi connectivity index (χ4n) is 1.37. The molecular formula is C9H19NO2. The third kappa shape index (κ3) is 2.48. The molecule has 12 heavy (non-hydrogen) atoms. The lowest BCUT2D eigenvalue weighted by atomic mass is 9.92. The first-order valence-corrected chi connectivity index (χ1v) is 4.49. The Bertz CT molecular complexity index is 151. The van der Waals surface area contributed by atoms with Crippen molar-refractivity contribution < 1.29 is 9.90 Å². The summed E-state index contributed by atoms with van der Waals surface area (Å²) >= 11 is 0. The summed E-state index contributed by atoms with van der Waals surface area (Å²) in [7, 11) is 0. The van der Waals surface area contributed by atoms with Gasteiger partial charge in [-0.25, -0.2) is 0 Å². The molecule has 0 heterocycles. The van der Waals surface area contributed by atoms with Gasteiger partial charge >= 0.3 is 5.97 Å². The molecule has 0 rings (SSSR count). The molecule has 0 saturated carbocycles. The number of hydrogen-bond acceptors (Lipinski definition) is 2. The van der Waals surface area contributed by atoms with Crippen LogP contribution in [0.3, 0.4) is 0 Å². The molecule has 0 unspecified atom stereocenters. The third-order valence-corrected chi connectivity index (χ3v) is 2.18. The van der Waals surface area contributed by atoms with Gasteiger partial charge in [-0.1, -0.05) is 13.8 Å². The molecule has 0 bridgehead atoms. The third-order valence-electron chi connectivity index (χ3n) is 2.18. The van der Waals surface area contributed by atoms with E-state index in [1.54, 1.807) is 0 Å². The van der Waals surface area contributed by atoms with Crippen LogP contribution in [0.2, 0.25) is 0 Å². The molecule has 0 aliphatic rings. The fourth-order valence-corrected chi connectivity index (χ4v) is 1.37. The van der Waals surface area contributed by atoms with E-state index in [9.17, 15) is 4.79 Å². The summed E-state index contributed by atoms with van der Waals surface area (Å²) in [5, 5.41) is 12.1. The van der Waals surface area contributed by atoms with Gasteiger partial charge in [0.05, 0.1) is 0 Å². The maximum Gasteiger partial charge on any atom is 0.323 e. The summed E-state index contributed by atoms with van der Waals surface area (Å²) in [6.07, 6.45) is 1.24. The number of nitrogens with one attached hydrogen (secondary N) is 1. The topological polar surface area (TPSA) is 49.3 Å². The van der Waals surface area contributed by atoms with E-state index in [1.807, 2.05) is 27.7 Å². The highest BCUT2D eigenvalue weighted by atomic mass is 16.4. The average molecular weight is 173 g/mol. The summed E-state index contributed by atoms with van der Waals surface area (Å²) in [5.41, 5.74) is -0.728. The van der Waals surface area contributed by atoms with Crippen molar-refractivity contribution in [2.24, 2.45) is 0 Å². The van der Waals surface area contributed by atoms with Crippen LogP contribution in [-0.2, 0) is 4.79 Å². The Morgan fingerprint density at radius 2 is 1.83 bits per heavy atom. The van der Waals surface area contributed by atoms with Crippen LogP contribution >= 0.6 is 0 Å². The van der Waals surface area contributed by atoms with Crippen molar-refractivity contribution in [1.82, 2.24) is 5.32 Å². The molecule has 3 heteroatoms. The predicted octanol–water partition coefficient (Wildman–Crippen LogP) is 1.63. The van der Waals surface area contributed by atoms with E-state index in [0.717, 1.165) is 0 Å². The lowest BCUT2D eigenvalue weighted by molar-refractivity contribution is -0.145. The van der Waals surface area contributed by atoms with Crippen LogP contribution in [0.5, 0.6) is 0 Å². The monoisotopic (exact) mass is 173 g/mol. The van der Waals surface area contributed by atoms with E-state index in [4.69, 9.17) is 5.11 Å². The zero-order valence-corrected chi connectivity index (χ0v) is 8.35. The second-order valence-electron chi connectivity index (χ2n) is 3.39. The SMILES string of the molecule is CCC(CC)(NC(C)C)C(=O)O. The minimum absolute atomic E-state index is 0.209. The Morgan fingerprint density at radius 3 is 1.92 bits per heavy atom. The quantitative estimate of drug-likeness (QED) is 0.664. The number of carboxylic acid groups (broad SMARTS) is 1. The highest BCUT2D eigenvalue weighted by Gasteiger charge is 2.34. The van der Waals surface area contributed by atoms with Crippen molar-refractivity contribution in [2.45, 2.75) is 52.1 Å². The van der Waals surface area contributed by atoms with Gasteiger partial charge in [0.25, 0.3) is 0 Å². The molecule has 2 N–H and O–H groups in total. The first-order chi connectivity index (χ1) is 5.48. The van der Waals surface area contributed by atoms with E-state index < -0.39 is 11.5 Å². The first-order valence-electron chi connectivity index (χ1n) is 4.49. The van der Waals surface area contributed by atoms with E-state index in [-0.39, 0.29) is 6.04 Å². The van der Waals surface area contributed by atoms with E-state index >= 15 is 0 Å². The molecule has 0 fully saturated rings.